The molecule has 0 atom stereocenters. The number of hydrogen-bond acceptors (Lipinski definition) is 4. The second kappa shape index (κ2) is 6.63. The number of halogens is 1. The first-order chi connectivity index (χ1) is 12.1. The molecule has 1 heterocycles. The van der Waals surface area contributed by atoms with E-state index in [1.807, 2.05) is 20.8 Å². The Morgan fingerprint density at radius 2 is 1.62 bits per heavy atom. The Labute approximate surface area is 161 Å². The van der Waals surface area contributed by atoms with Crippen LogP contribution in [-0.2, 0) is 14.8 Å². The molecule has 0 radical (unpaired) electrons. The maximum atomic E-state index is 13.2. The number of hydrogen-bond donors (Lipinski definition) is 0. The topological polar surface area (TPSA) is 66.8 Å². The van der Waals surface area contributed by atoms with E-state index >= 15 is 0 Å². The fourth-order valence-electron chi connectivity index (χ4n) is 2.78. The third kappa shape index (κ3) is 3.59. The Hall–Kier alpha value is -1.99. The molecular formula is C19H19BrN2O3S. The highest BCUT2D eigenvalue weighted by Gasteiger charge is 2.41. The fraction of sp³-hybridized carbons (Fsp3) is 0.263. The number of aliphatic imine (C=N–C) groups is 1. The SMILES string of the molecule is Cc1ccc(S(=O)(=O)N2C(=O)CC(C)(C)N=C2c2ccc(Br)cc2)cc1. The second-order valence-electron chi connectivity index (χ2n) is 6.91. The van der Waals surface area contributed by atoms with Gasteiger partial charge in [0.05, 0.1) is 16.9 Å². The van der Waals surface area contributed by atoms with Crippen LogP contribution in [0.1, 0.15) is 31.4 Å². The standard InChI is InChI=1S/C19H19BrN2O3S/c1-13-4-10-16(11-5-13)26(24,25)22-17(23)12-19(2,3)21-18(22)14-6-8-15(20)9-7-14/h4-11H,12H2,1-3H3. The first-order valence-electron chi connectivity index (χ1n) is 8.11. The van der Waals surface area contributed by atoms with Gasteiger partial charge in [0.2, 0.25) is 5.91 Å². The monoisotopic (exact) mass is 434 g/mol. The molecule has 0 N–H and O–H groups in total. The van der Waals surface area contributed by atoms with Crippen molar-refractivity contribution in [2.24, 2.45) is 4.99 Å². The second-order valence-corrected chi connectivity index (χ2v) is 9.61. The molecule has 0 aromatic heterocycles. The number of carbonyl (C=O) groups is 1. The van der Waals surface area contributed by atoms with Gasteiger partial charge in [0.1, 0.15) is 0 Å². The van der Waals surface area contributed by atoms with Crippen LogP contribution in [-0.4, -0.2) is 30.0 Å². The average molecular weight is 435 g/mol. The Kier molecular flexibility index (Phi) is 4.79. The van der Waals surface area contributed by atoms with Crippen molar-refractivity contribution in [3.8, 4) is 0 Å². The molecule has 0 saturated carbocycles. The van der Waals surface area contributed by atoms with Crippen LogP contribution in [0.3, 0.4) is 0 Å². The van der Waals surface area contributed by atoms with Gasteiger partial charge in [-0.15, -0.1) is 0 Å². The van der Waals surface area contributed by atoms with E-state index in [-0.39, 0.29) is 17.2 Å². The Balaban J connectivity index is 2.17. The van der Waals surface area contributed by atoms with Crippen LogP contribution in [0.15, 0.2) is 62.9 Å². The van der Waals surface area contributed by atoms with Gasteiger partial charge in [0, 0.05) is 10.0 Å². The van der Waals surface area contributed by atoms with E-state index in [0.29, 0.717) is 5.56 Å². The van der Waals surface area contributed by atoms with E-state index in [0.717, 1.165) is 14.3 Å². The Bertz CT molecular complexity index is 978. The summed E-state index contributed by atoms with van der Waals surface area (Å²) in [4.78, 5) is 17.5. The van der Waals surface area contributed by atoms with Gasteiger partial charge in [-0.05, 0) is 45.0 Å². The van der Waals surface area contributed by atoms with Gasteiger partial charge in [0.25, 0.3) is 10.0 Å². The lowest BCUT2D eigenvalue weighted by Crippen LogP contribution is -2.49. The number of rotatable bonds is 3. The zero-order chi connectivity index (χ0) is 19.1. The van der Waals surface area contributed by atoms with Crippen molar-refractivity contribution in [1.29, 1.82) is 0 Å². The predicted molar refractivity (Wildman–Crippen MR) is 105 cm³/mol. The molecule has 2 aromatic carbocycles. The van der Waals surface area contributed by atoms with Crippen molar-refractivity contribution in [2.45, 2.75) is 37.6 Å². The molecule has 1 aliphatic rings. The summed E-state index contributed by atoms with van der Waals surface area (Å²) in [5.41, 5.74) is 0.848. The van der Waals surface area contributed by atoms with Crippen LogP contribution in [0.5, 0.6) is 0 Å². The van der Waals surface area contributed by atoms with Gasteiger partial charge in [-0.3, -0.25) is 9.79 Å². The molecule has 5 nitrogen and oxygen atoms in total. The van der Waals surface area contributed by atoms with Crippen LogP contribution in [0.4, 0.5) is 0 Å². The Morgan fingerprint density at radius 1 is 1.04 bits per heavy atom. The summed E-state index contributed by atoms with van der Waals surface area (Å²) in [5.74, 6) is -0.331. The van der Waals surface area contributed by atoms with Gasteiger partial charge in [0.15, 0.2) is 5.84 Å². The molecule has 7 heteroatoms. The van der Waals surface area contributed by atoms with Crippen molar-refractivity contribution >= 4 is 37.7 Å². The number of amides is 1. The zero-order valence-corrected chi connectivity index (χ0v) is 17.1. The molecule has 0 saturated heterocycles. The van der Waals surface area contributed by atoms with E-state index in [2.05, 4.69) is 20.9 Å². The smallest absolute Gasteiger partial charge is 0.272 e. The van der Waals surface area contributed by atoms with Crippen molar-refractivity contribution in [3.63, 3.8) is 0 Å². The largest absolute Gasteiger partial charge is 0.273 e. The average Bonchev–Trinajstić information content (AvgIpc) is 2.54. The van der Waals surface area contributed by atoms with Crippen LogP contribution in [0, 0.1) is 6.92 Å². The first kappa shape index (κ1) is 18.8. The van der Waals surface area contributed by atoms with E-state index in [4.69, 9.17) is 0 Å². The molecule has 3 rings (SSSR count). The number of sulfonamides is 1. The number of aryl methyl sites for hydroxylation is 1. The molecule has 26 heavy (non-hydrogen) atoms. The zero-order valence-electron chi connectivity index (χ0n) is 14.7. The molecule has 1 aliphatic heterocycles. The van der Waals surface area contributed by atoms with Crippen molar-refractivity contribution in [2.75, 3.05) is 0 Å². The summed E-state index contributed by atoms with van der Waals surface area (Å²) >= 11 is 3.36. The normalized spacial score (nSPS) is 17.2. The van der Waals surface area contributed by atoms with E-state index in [1.54, 1.807) is 36.4 Å². The summed E-state index contributed by atoms with van der Waals surface area (Å²) < 4.78 is 28.1. The third-order valence-electron chi connectivity index (χ3n) is 4.07. The van der Waals surface area contributed by atoms with Gasteiger partial charge < -0.3 is 0 Å². The van der Waals surface area contributed by atoms with Crippen LogP contribution < -0.4 is 0 Å². The van der Waals surface area contributed by atoms with Gasteiger partial charge in [-0.1, -0.05) is 45.8 Å². The lowest BCUT2D eigenvalue weighted by Gasteiger charge is -2.34. The first-order valence-corrected chi connectivity index (χ1v) is 10.3. The van der Waals surface area contributed by atoms with Crippen molar-refractivity contribution in [3.05, 3.63) is 64.1 Å². The molecule has 2 aromatic rings. The summed E-state index contributed by atoms with van der Waals surface area (Å²) in [7, 11) is -4.04. The molecule has 0 unspecified atom stereocenters. The molecule has 1 amide bonds. The quantitative estimate of drug-likeness (QED) is 0.735. The maximum Gasteiger partial charge on any atom is 0.272 e. The summed E-state index contributed by atoms with van der Waals surface area (Å²) in [5, 5.41) is 0. The van der Waals surface area contributed by atoms with Crippen molar-refractivity contribution < 1.29 is 13.2 Å². The molecule has 0 bridgehead atoms. The number of benzene rings is 2. The third-order valence-corrected chi connectivity index (χ3v) is 6.33. The van der Waals surface area contributed by atoms with Crippen LogP contribution in [0.25, 0.3) is 0 Å². The molecular weight excluding hydrogens is 416 g/mol. The molecule has 136 valence electrons. The maximum absolute atomic E-state index is 13.2. The van der Waals surface area contributed by atoms with Crippen LogP contribution >= 0.6 is 15.9 Å². The number of amidine groups is 1. The summed E-state index contributed by atoms with van der Waals surface area (Å²) in [6, 6.07) is 13.5. The Morgan fingerprint density at radius 3 is 2.19 bits per heavy atom. The summed E-state index contributed by atoms with van der Waals surface area (Å²) in [6.07, 6.45) is 0.0259. The number of nitrogens with zero attached hydrogens (tertiary/aromatic N) is 2. The van der Waals surface area contributed by atoms with Gasteiger partial charge >= 0.3 is 0 Å². The molecule has 0 spiro atoms. The van der Waals surface area contributed by atoms with E-state index in [1.165, 1.54) is 12.1 Å². The molecule has 0 aliphatic carbocycles. The van der Waals surface area contributed by atoms with Crippen molar-refractivity contribution in [1.82, 2.24) is 4.31 Å². The fourth-order valence-corrected chi connectivity index (χ4v) is 4.44. The number of carbonyl (C=O) groups excluding carboxylic acids is 1. The van der Waals surface area contributed by atoms with Crippen LogP contribution in [0.2, 0.25) is 0 Å². The lowest BCUT2D eigenvalue weighted by molar-refractivity contribution is -0.125. The van der Waals surface area contributed by atoms with E-state index in [9.17, 15) is 13.2 Å². The van der Waals surface area contributed by atoms with Gasteiger partial charge in [-0.25, -0.2) is 8.42 Å². The lowest BCUT2D eigenvalue weighted by atomic mass is 9.98. The minimum absolute atomic E-state index is 0.0259. The highest BCUT2D eigenvalue weighted by Crippen LogP contribution is 2.30. The predicted octanol–water partition coefficient (Wildman–Crippen LogP) is 3.90. The van der Waals surface area contributed by atoms with Gasteiger partial charge in [-0.2, -0.15) is 4.31 Å². The van der Waals surface area contributed by atoms with E-state index < -0.39 is 21.5 Å². The summed E-state index contributed by atoms with van der Waals surface area (Å²) in [6.45, 7) is 5.51. The minimum Gasteiger partial charge on any atom is -0.273 e. The minimum atomic E-state index is -4.04. The molecule has 0 fully saturated rings. The highest BCUT2D eigenvalue weighted by atomic mass is 79.9. The highest BCUT2D eigenvalue weighted by molar-refractivity contribution is 9.10.